The van der Waals surface area contributed by atoms with E-state index in [-0.39, 0.29) is 46.1 Å². The first-order valence-electron chi connectivity index (χ1n) is 19.8. The van der Waals surface area contributed by atoms with Crippen molar-refractivity contribution in [3.63, 3.8) is 0 Å². The summed E-state index contributed by atoms with van der Waals surface area (Å²) in [6.07, 6.45) is -3.57. The smallest absolute Gasteiger partial charge is 0.271 e. The molecule has 8 rings (SSSR count). The van der Waals surface area contributed by atoms with Gasteiger partial charge in [0.2, 0.25) is 5.78 Å². The number of rotatable bonds is 9. The van der Waals surface area contributed by atoms with E-state index in [9.17, 15) is 49.5 Å². The van der Waals surface area contributed by atoms with E-state index in [0.29, 0.717) is 24.6 Å². The van der Waals surface area contributed by atoms with Crippen LogP contribution in [0.25, 0.3) is 0 Å². The lowest BCUT2D eigenvalue weighted by molar-refractivity contribution is -0.260. The van der Waals surface area contributed by atoms with Crippen LogP contribution >= 0.6 is 0 Å². The first-order valence-corrected chi connectivity index (χ1v) is 19.8. The van der Waals surface area contributed by atoms with E-state index in [2.05, 4.69) is 15.4 Å². The molecule has 2 saturated heterocycles. The average molecular weight is 859 g/mol. The number of amides is 3. The molecule has 3 aromatic rings. The second kappa shape index (κ2) is 16.4. The number of methoxy groups -OCH3 is 1. The minimum absolute atomic E-state index is 0.0514. The van der Waals surface area contributed by atoms with Crippen molar-refractivity contribution in [1.82, 2.24) is 10.3 Å². The molecule has 2 fully saturated rings. The number of ether oxygens (including phenoxy) is 4. The van der Waals surface area contributed by atoms with Crippen LogP contribution in [-0.2, 0) is 30.2 Å². The summed E-state index contributed by atoms with van der Waals surface area (Å²) in [6, 6.07) is 6.76. The van der Waals surface area contributed by atoms with Crippen LogP contribution < -0.4 is 15.1 Å². The molecule has 326 valence electrons. The predicted octanol–water partition coefficient (Wildman–Crippen LogP) is 1.55. The summed E-state index contributed by atoms with van der Waals surface area (Å²) < 4.78 is 38.8. The van der Waals surface area contributed by atoms with Crippen LogP contribution in [0.3, 0.4) is 0 Å². The summed E-state index contributed by atoms with van der Waals surface area (Å²) >= 11 is 0. The fourth-order valence-electron chi connectivity index (χ4n) is 9.00. The first-order chi connectivity index (χ1) is 29.6. The van der Waals surface area contributed by atoms with Gasteiger partial charge in [-0.2, -0.15) is 5.10 Å². The number of carbonyl (C=O) groups excluding carboxylic acids is 5. The molecule has 3 heterocycles. The minimum atomic E-state index is -2.31. The fourth-order valence-corrected chi connectivity index (χ4v) is 9.00. The van der Waals surface area contributed by atoms with Gasteiger partial charge in [0, 0.05) is 72.8 Å². The second-order valence-electron chi connectivity index (χ2n) is 15.8. The third-order valence-corrected chi connectivity index (χ3v) is 12.0. The van der Waals surface area contributed by atoms with E-state index in [4.69, 9.17) is 18.9 Å². The Kier molecular flexibility index (Phi) is 11.3. The number of phenolic OH excluding ortho intramolecular Hbond substituents is 2. The summed E-state index contributed by atoms with van der Waals surface area (Å²) in [7, 11) is 1.31. The molecule has 7 atom stereocenters. The number of fused-ring (bicyclic) bond motifs is 3. The highest BCUT2D eigenvalue weighted by atomic mass is 19.1. The maximum absolute atomic E-state index is 15.1. The van der Waals surface area contributed by atoms with Crippen LogP contribution in [0.1, 0.15) is 86.1 Å². The molecule has 0 saturated carbocycles. The maximum atomic E-state index is 15.1. The van der Waals surface area contributed by atoms with Crippen LogP contribution in [-0.4, -0.2) is 135 Å². The molecular formula is C43H43FN4O14. The van der Waals surface area contributed by atoms with Gasteiger partial charge in [-0.05, 0) is 38.1 Å². The second-order valence-corrected chi connectivity index (χ2v) is 15.8. The molecule has 5 aliphatic rings. The minimum Gasteiger partial charge on any atom is -0.507 e. The van der Waals surface area contributed by atoms with Gasteiger partial charge in [0.1, 0.15) is 28.7 Å². The number of hydrazone groups is 1. The van der Waals surface area contributed by atoms with E-state index in [0.717, 1.165) is 30.4 Å². The summed E-state index contributed by atoms with van der Waals surface area (Å²) in [6.45, 7) is 3.99. The van der Waals surface area contributed by atoms with Crippen molar-refractivity contribution in [2.45, 2.75) is 75.5 Å². The SMILES string of the molecule is COc1cccc2c1C(=O)c1c(O)c3c(c(O)c1C2=O)C[C@@](O)(/C(CO)=N/NC(=O)c1ccc(N2C(=O)C=CC2=O)c(F)c1)C[C@@H]3O[C@H]1CC(N2CCO[C@@H](C)C2)[C@H](O)[C@H](C)O1. The number of benzene rings is 3. The Morgan fingerprint density at radius 2 is 1.76 bits per heavy atom. The van der Waals surface area contributed by atoms with Gasteiger partial charge in [0.25, 0.3) is 17.7 Å². The molecular weight excluding hydrogens is 815 g/mol. The van der Waals surface area contributed by atoms with Gasteiger partial charge >= 0.3 is 0 Å². The molecule has 3 amide bonds. The molecule has 0 radical (unpaired) electrons. The Morgan fingerprint density at radius 3 is 2.44 bits per heavy atom. The third kappa shape index (κ3) is 7.24. The number of hydrogen-bond donors (Lipinski definition) is 6. The van der Waals surface area contributed by atoms with Gasteiger partial charge in [0.05, 0.1) is 72.8 Å². The highest BCUT2D eigenvalue weighted by molar-refractivity contribution is 6.31. The number of carbonyl (C=O) groups is 5. The van der Waals surface area contributed by atoms with Crippen molar-refractivity contribution in [3.05, 3.63) is 93.3 Å². The van der Waals surface area contributed by atoms with E-state index in [1.807, 2.05) is 6.92 Å². The van der Waals surface area contributed by atoms with Crippen molar-refractivity contribution in [2.75, 3.05) is 38.3 Å². The number of anilines is 1. The molecule has 19 heteroatoms. The van der Waals surface area contributed by atoms with Crippen molar-refractivity contribution in [2.24, 2.45) is 5.10 Å². The van der Waals surface area contributed by atoms with Gasteiger partial charge < -0.3 is 44.5 Å². The van der Waals surface area contributed by atoms with Crippen molar-refractivity contribution >= 4 is 40.7 Å². The van der Waals surface area contributed by atoms with Crippen LogP contribution in [0.15, 0.2) is 53.7 Å². The Hall–Kier alpha value is -5.93. The lowest BCUT2D eigenvalue weighted by atomic mass is 9.71. The number of nitrogens with one attached hydrogen (secondary N) is 1. The molecule has 0 aromatic heterocycles. The topological polar surface area (TPSA) is 254 Å². The normalized spacial score (nSPS) is 27.5. The lowest BCUT2D eigenvalue weighted by Gasteiger charge is -2.47. The Bertz CT molecular complexity index is 2460. The molecule has 0 spiro atoms. The van der Waals surface area contributed by atoms with Crippen molar-refractivity contribution < 1.29 is 72.8 Å². The molecule has 62 heavy (non-hydrogen) atoms. The number of aromatic hydroxyl groups is 2. The molecule has 0 bridgehead atoms. The number of nitrogens with zero attached hydrogens (tertiary/aromatic N) is 3. The number of hydrogen-bond acceptors (Lipinski definition) is 16. The first kappa shape index (κ1) is 42.7. The molecule has 3 aromatic carbocycles. The fraction of sp³-hybridized carbons (Fsp3) is 0.395. The Labute approximate surface area is 352 Å². The maximum Gasteiger partial charge on any atom is 0.271 e. The summed E-state index contributed by atoms with van der Waals surface area (Å²) in [5.41, 5.74) is -3.04. The average Bonchev–Trinajstić information content (AvgIpc) is 3.58. The quantitative estimate of drug-likeness (QED) is 0.0605. The molecule has 1 unspecified atom stereocenters. The third-order valence-electron chi connectivity index (χ3n) is 12.0. The van der Waals surface area contributed by atoms with E-state index in [1.165, 1.54) is 25.3 Å². The standard InChI is InChI=1S/C43H43FN4O14/c1-19-17-47(11-12-60-19)26-14-32(61-20(2)37(26)52)62-28-16-43(58,29(18-49)45-46-42(57)21-7-8-25(24(44)13-21)48-30(50)9-10-31(48)51)15-23-34(28)41(56)36-35(39(23)54)38(53)22-5-4-6-27(59-3)33(22)40(36)55/h4-10,13,19-20,26,28,32,37,49,52,54,56,58H,11-12,14-18H2,1-3H3,(H,46,57)/b45-29+/t19-,20-,26?,28-,32-,37+,43-/m0/s1. The van der Waals surface area contributed by atoms with Gasteiger partial charge in [-0.15, -0.1) is 0 Å². The monoisotopic (exact) mass is 858 g/mol. The van der Waals surface area contributed by atoms with Crippen LogP contribution in [0, 0.1) is 5.82 Å². The molecule has 18 nitrogen and oxygen atoms in total. The van der Waals surface area contributed by atoms with Gasteiger partial charge in [0.15, 0.2) is 12.1 Å². The number of morpholine rings is 1. The van der Waals surface area contributed by atoms with Gasteiger partial charge in [-0.3, -0.25) is 28.9 Å². The molecule has 2 aliphatic carbocycles. The molecule has 3 aliphatic heterocycles. The summed E-state index contributed by atoms with van der Waals surface area (Å²) in [4.78, 5) is 68.4. The summed E-state index contributed by atoms with van der Waals surface area (Å²) in [5, 5.41) is 62.3. The van der Waals surface area contributed by atoms with Crippen LogP contribution in [0.2, 0.25) is 0 Å². The highest BCUT2D eigenvalue weighted by Gasteiger charge is 2.50. The van der Waals surface area contributed by atoms with E-state index >= 15 is 4.39 Å². The Morgan fingerprint density at radius 1 is 1.03 bits per heavy atom. The van der Waals surface area contributed by atoms with Crippen molar-refractivity contribution in [3.8, 4) is 17.2 Å². The predicted molar refractivity (Wildman–Crippen MR) is 212 cm³/mol. The number of phenols is 2. The highest BCUT2D eigenvalue weighted by Crippen LogP contribution is 2.53. The van der Waals surface area contributed by atoms with Crippen LogP contribution in [0.4, 0.5) is 10.1 Å². The number of aliphatic hydroxyl groups excluding tert-OH is 2. The van der Waals surface area contributed by atoms with Gasteiger partial charge in [-0.1, -0.05) is 12.1 Å². The molecule has 6 N–H and O–H groups in total. The number of imide groups is 1. The zero-order valence-corrected chi connectivity index (χ0v) is 33.7. The van der Waals surface area contributed by atoms with Gasteiger partial charge in [-0.25, -0.2) is 14.7 Å². The number of ketones is 2. The van der Waals surface area contributed by atoms with E-state index in [1.54, 1.807) is 6.92 Å². The summed E-state index contributed by atoms with van der Waals surface area (Å²) in [5.74, 6) is -6.73. The van der Waals surface area contributed by atoms with E-state index < -0.39 is 125 Å². The zero-order chi connectivity index (χ0) is 44.4. The van der Waals surface area contributed by atoms with Crippen molar-refractivity contribution in [1.29, 1.82) is 0 Å². The largest absolute Gasteiger partial charge is 0.507 e. The van der Waals surface area contributed by atoms with Crippen LogP contribution in [0.5, 0.6) is 17.2 Å². The number of halogens is 1. The lowest BCUT2D eigenvalue weighted by Crippen LogP contribution is -2.59. The Balaban J connectivity index is 1.16. The zero-order valence-electron chi connectivity index (χ0n) is 33.7. The number of aliphatic hydroxyl groups is 3.